The van der Waals surface area contributed by atoms with E-state index in [1.807, 2.05) is 45.0 Å². The summed E-state index contributed by atoms with van der Waals surface area (Å²) in [6.45, 7) is 8.92. The fourth-order valence-electron chi connectivity index (χ4n) is 1.46. The average Bonchev–Trinajstić information content (AvgIpc) is 2.23. The Balaban J connectivity index is 2.83. The van der Waals surface area contributed by atoms with Crippen molar-refractivity contribution in [1.29, 1.82) is 0 Å². The molecule has 0 saturated heterocycles. The van der Waals surface area contributed by atoms with Crippen LogP contribution in [-0.2, 0) is 14.1 Å². The van der Waals surface area contributed by atoms with Crippen molar-refractivity contribution in [3.05, 3.63) is 35.9 Å². The molecule has 0 radical (unpaired) electrons. The van der Waals surface area contributed by atoms with Crippen LogP contribution in [0.5, 0.6) is 0 Å². The third kappa shape index (κ3) is 5.89. The molecule has 0 saturated carbocycles. The van der Waals surface area contributed by atoms with Crippen molar-refractivity contribution in [3.63, 3.8) is 0 Å². The van der Waals surface area contributed by atoms with Gasteiger partial charge in [-0.05, 0) is 51.8 Å². The number of hydrogen-bond acceptors (Lipinski definition) is 3. The summed E-state index contributed by atoms with van der Waals surface area (Å²) in [4.78, 5) is 11.6. The number of esters is 1. The molecule has 0 N–H and O–H groups in total. The van der Waals surface area contributed by atoms with Gasteiger partial charge in [-0.15, -0.1) is 0 Å². The number of rotatable bonds is 3. The quantitative estimate of drug-likeness (QED) is 0.485. The molecule has 1 rings (SSSR count). The predicted molar refractivity (Wildman–Crippen MR) is 80.4 cm³/mol. The minimum Gasteiger partial charge on any atom is -0.457 e. The molecule has 1 aromatic carbocycles. The zero-order valence-electron chi connectivity index (χ0n) is 12.1. The summed E-state index contributed by atoms with van der Waals surface area (Å²) in [6, 6.07) is 7.37. The molecule has 0 aliphatic carbocycles. The number of ether oxygens (including phenoxy) is 1. The van der Waals surface area contributed by atoms with E-state index in [0.717, 1.165) is 10.9 Å². The van der Waals surface area contributed by atoms with Gasteiger partial charge in [0, 0.05) is 11.4 Å². The summed E-state index contributed by atoms with van der Waals surface area (Å²) >= 11 is 0. The Morgan fingerprint density at radius 2 is 1.89 bits per heavy atom. The molecular formula is C15H21O3P. The van der Waals surface area contributed by atoms with Crippen LogP contribution in [0.25, 0.3) is 6.08 Å². The van der Waals surface area contributed by atoms with E-state index in [9.17, 15) is 9.36 Å². The molecule has 0 bridgehead atoms. The Labute approximate surface area is 115 Å². The van der Waals surface area contributed by atoms with E-state index in [0.29, 0.717) is 0 Å². The van der Waals surface area contributed by atoms with E-state index in [4.69, 9.17) is 4.74 Å². The molecule has 1 aromatic rings. The molecule has 0 spiro atoms. The van der Waals surface area contributed by atoms with E-state index in [1.165, 1.54) is 6.08 Å². The molecule has 0 aliphatic rings. The van der Waals surface area contributed by atoms with Gasteiger partial charge in [-0.25, -0.2) is 4.79 Å². The van der Waals surface area contributed by atoms with E-state index in [2.05, 4.69) is 0 Å². The lowest BCUT2D eigenvalue weighted by molar-refractivity contribution is -0.148. The van der Waals surface area contributed by atoms with Crippen molar-refractivity contribution >= 4 is 24.5 Å². The van der Waals surface area contributed by atoms with Crippen LogP contribution >= 0.6 is 7.14 Å². The summed E-state index contributed by atoms with van der Waals surface area (Å²) in [5.41, 5.74) is 0.346. The summed E-state index contributed by atoms with van der Waals surface area (Å²) < 4.78 is 17.2. The SMILES string of the molecule is CC(C)(C)OC(=O)/C=C/c1cccc(P(C)(C)=O)c1. The molecule has 104 valence electrons. The highest BCUT2D eigenvalue weighted by molar-refractivity contribution is 7.70. The second kappa shape index (κ2) is 5.75. The third-order valence-electron chi connectivity index (χ3n) is 2.31. The van der Waals surface area contributed by atoms with Gasteiger partial charge >= 0.3 is 5.97 Å². The van der Waals surface area contributed by atoms with Gasteiger partial charge in [0.2, 0.25) is 0 Å². The monoisotopic (exact) mass is 280 g/mol. The molecule has 0 amide bonds. The van der Waals surface area contributed by atoms with Crippen molar-refractivity contribution in [3.8, 4) is 0 Å². The second-order valence-corrected chi connectivity index (χ2v) is 9.03. The first-order valence-electron chi connectivity index (χ1n) is 6.15. The number of hydrogen-bond donors (Lipinski definition) is 0. The average molecular weight is 280 g/mol. The number of carbonyl (C=O) groups is 1. The molecule has 19 heavy (non-hydrogen) atoms. The van der Waals surface area contributed by atoms with E-state index >= 15 is 0 Å². The van der Waals surface area contributed by atoms with Crippen LogP contribution in [0.3, 0.4) is 0 Å². The molecular weight excluding hydrogens is 259 g/mol. The molecule has 3 nitrogen and oxygen atoms in total. The third-order valence-corrected chi connectivity index (χ3v) is 3.83. The lowest BCUT2D eigenvalue weighted by Gasteiger charge is -2.17. The van der Waals surface area contributed by atoms with Gasteiger partial charge < -0.3 is 9.30 Å². The van der Waals surface area contributed by atoms with Crippen molar-refractivity contribution in [2.45, 2.75) is 26.4 Å². The molecule has 0 atom stereocenters. The van der Waals surface area contributed by atoms with Gasteiger partial charge in [0.15, 0.2) is 0 Å². The molecule has 0 fully saturated rings. The maximum Gasteiger partial charge on any atom is 0.331 e. The first-order valence-corrected chi connectivity index (χ1v) is 8.75. The minimum absolute atomic E-state index is 0.380. The van der Waals surface area contributed by atoms with Crippen LogP contribution in [0.4, 0.5) is 0 Å². The minimum atomic E-state index is -2.28. The Hall–Kier alpha value is -1.34. The zero-order valence-corrected chi connectivity index (χ0v) is 13.0. The first-order chi connectivity index (χ1) is 8.58. The van der Waals surface area contributed by atoms with Crippen LogP contribution in [0, 0.1) is 0 Å². The normalized spacial score (nSPS) is 12.7. The topological polar surface area (TPSA) is 43.4 Å². The molecule has 0 aliphatic heterocycles. The van der Waals surface area contributed by atoms with Crippen LogP contribution in [0.1, 0.15) is 26.3 Å². The van der Waals surface area contributed by atoms with Crippen molar-refractivity contribution in [2.75, 3.05) is 13.3 Å². The lowest BCUT2D eigenvalue weighted by atomic mass is 10.2. The first kappa shape index (κ1) is 15.7. The molecule has 0 heterocycles. The maximum atomic E-state index is 12.0. The van der Waals surface area contributed by atoms with E-state index in [1.54, 1.807) is 19.4 Å². The largest absolute Gasteiger partial charge is 0.457 e. The van der Waals surface area contributed by atoms with Gasteiger partial charge in [-0.1, -0.05) is 18.2 Å². The van der Waals surface area contributed by atoms with Gasteiger partial charge in [-0.3, -0.25) is 0 Å². The standard InChI is InChI=1S/C15H21O3P/c1-15(2,3)18-14(16)10-9-12-7-6-8-13(11-12)19(4,5)17/h6-11H,1-5H3/b10-9+. The predicted octanol–water partition coefficient (Wildman–Crippen LogP) is 3.29. The van der Waals surface area contributed by atoms with Crippen LogP contribution in [0.15, 0.2) is 30.3 Å². The molecule has 0 aromatic heterocycles. The fourth-order valence-corrected chi connectivity index (χ4v) is 2.37. The number of carbonyl (C=O) groups excluding carboxylic acids is 1. The highest BCUT2D eigenvalue weighted by Gasteiger charge is 2.14. The summed E-state index contributed by atoms with van der Waals surface area (Å²) in [5, 5.41) is 0.804. The summed E-state index contributed by atoms with van der Waals surface area (Å²) in [5.74, 6) is -0.380. The highest BCUT2D eigenvalue weighted by atomic mass is 31.2. The van der Waals surface area contributed by atoms with Gasteiger partial charge in [0.05, 0.1) is 0 Å². The Morgan fingerprint density at radius 3 is 2.42 bits per heavy atom. The zero-order chi connectivity index (χ0) is 14.7. The van der Waals surface area contributed by atoms with Gasteiger partial charge in [-0.2, -0.15) is 0 Å². The summed E-state index contributed by atoms with van der Waals surface area (Å²) in [7, 11) is -2.28. The van der Waals surface area contributed by atoms with E-state index < -0.39 is 12.7 Å². The van der Waals surface area contributed by atoms with Crippen molar-refractivity contribution in [2.24, 2.45) is 0 Å². The smallest absolute Gasteiger partial charge is 0.331 e. The van der Waals surface area contributed by atoms with Crippen LogP contribution in [-0.4, -0.2) is 24.9 Å². The van der Waals surface area contributed by atoms with E-state index in [-0.39, 0.29) is 5.97 Å². The van der Waals surface area contributed by atoms with Crippen molar-refractivity contribution < 1.29 is 14.1 Å². The highest BCUT2D eigenvalue weighted by Crippen LogP contribution is 2.34. The Kier molecular flexibility index (Phi) is 4.75. The molecule has 4 heteroatoms. The Morgan fingerprint density at radius 1 is 1.26 bits per heavy atom. The maximum absolute atomic E-state index is 12.0. The second-order valence-electron chi connectivity index (χ2n) is 5.81. The number of benzene rings is 1. The molecule has 0 unspecified atom stereocenters. The summed E-state index contributed by atoms with van der Waals surface area (Å²) in [6.07, 6.45) is 3.06. The van der Waals surface area contributed by atoms with Crippen LogP contribution < -0.4 is 5.30 Å². The van der Waals surface area contributed by atoms with Gasteiger partial charge in [0.1, 0.15) is 12.7 Å². The fraction of sp³-hybridized carbons (Fsp3) is 0.400. The van der Waals surface area contributed by atoms with Gasteiger partial charge in [0.25, 0.3) is 0 Å². The van der Waals surface area contributed by atoms with Crippen molar-refractivity contribution in [1.82, 2.24) is 0 Å². The van der Waals surface area contributed by atoms with Crippen LogP contribution in [0.2, 0.25) is 0 Å². The Bertz CT molecular complexity index is 533. The lowest BCUT2D eigenvalue weighted by Crippen LogP contribution is -2.22.